The first-order chi connectivity index (χ1) is 11.6. The van der Waals surface area contributed by atoms with Crippen LogP contribution in [0.4, 0.5) is 5.82 Å². The summed E-state index contributed by atoms with van der Waals surface area (Å²) >= 11 is 0. The number of rotatable bonds is 2. The predicted octanol–water partition coefficient (Wildman–Crippen LogP) is 1.69. The molecule has 24 heavy (non-hydrogen) atoms. The highest BCUT2D eigenvalue weighted by Gasteiger charge is 2.24. The summed E-state index contributed by atoms with van der Waals surface area (Å²) in [5, 5.41) is 15.5. The number of hydrogen-bond acceptors (Lipinski definition) is 6. The number of aliphatic hydroxyl groups is 1. The molecule has 0 radical (unpaired) electrons. The van der Waals surface area contributed by atoms with Crippen LogP contribution in [0.1, 0.15) is 18.5 Å². The lowest BCUT2D eigenvalue weighted by Gasteiger charge is -2.31. The zero-order valence-electron chi connectivity index (χ0n) is 13.8. The van der Waals surface area contributed by atoms with E-state index in [1.165, 1.54) is 0 Å². The Kier molecular flexibility index (Phi) is 3.65. The number of nitrogens with zero attached hydrogens (tertiary/aromatic N) is 6. The van der Waals surface area contributed by atoms with Gasteiger partial charge in [-0.05, 0) is 31.9 Å². The van der Waals surface area contributed by atoms with Gasteiger partial charge in [0.2, 0.25) is 0 Å². The van der Waals surface area contributed by atoms with Gasteiger partial charge in [0.05, 0.1) is 17.2 Å². The van der Waals surface area contributed by atoms with Crippen LogP contribution in [-0.2, 0) is 7.05 Å². The maximum absolute atomic E-state index is 10.1. The first-order valence-corrected chi connectivity index (χ1v) is 8.19. The van der Waals surface area contributed by atoms with Crippen molar-refractivity contribution in [2.24, 2.45) is 7.05 Å². The molecule has 1 atom stereocenters. The van der Waals surface area contributed by atoms with Crippen LogP contribution in [0.3, 0.4) is 0 Å². The van der Waals surface area contributed by atoms with E-state index in [4.69, 9.17) is 4.98 Å². The smallest absolute Gasteiger partial charge is 0.182 e. The van der Waals surface area contributed by atoms with Gasteiger partial charge >= 0.3 is 0 Å². The minimum atomic E-state index is -0.320. The number of piperidine rings is 1. The molecule has 1 saturated heterocycles. The molecular formula is C17H20N6O. The van der Waals surface area contributed by atoms with Gasteiger partial charge in [-0.2, -0.15) is 5.10 Å². The number of β-amino-alcohol motifs (C(OH)–C–C–N with tert-alkyl or cyclic N) is 1. The van der Waals surface area contributed by atoms with Gasteiger partial charge < -0.3 is 10.0 Å². The van der Waals surface area contributed by atoms with Crippen molar-refractivity contribution in [2.75, 3.05) is 18.0 Å². The summed E-state index contributed by atoms with van der Waals surface area (Å²) in [4.78, 5) is 16.0. The van der Waals surface area contributed by atoms with Crippen molar-refractivity contribution in [3.63, 3.8) is 0 Å². The largest absolute Gasteiger partial charge is 0.391 e. The number of aliphatic hydroxyl groups excluding tert-OH is 1. The summed E-state index contributed by atoms with van der Waals surface area (Å²) in [6.45, 7) is 3.43. The van der Waals surface area contributed by atoms with Crippen LogP contribution in [0.15, 0.2) is 24.4 Å². The lowest BCUT2D eigenvalue weighted by molar-refractivity contribution is 0.154. The molecule has 0 aromatic carbocycles. The fourth-order valence-electron chi connectivity index (χ4n) is 3.30. The van der Waals surface area contributed by atoms with Gasteiger partial charge in [0, 0.05) is 26.3 Å². The number of aromatic nitrogens is 5. The van der Waals surface area contributed by atoms with Crippen molar-refractivity contribution in [2.45, 2.75) is 25.9 Å². The highest BCUT2D eigenvalue weighted by atomic mass is 16.3. The number of fused-ring (bicyclic) bond motifs is 1. The van der Waals surface area contributed by atoms with Crippen molar-refractivity contribution in [1.29, 1.82) is 0 Å². The van der Waals surface area contributed by atoms with Crippen molar-refractivity contribution < 1.29 is 5.11 Å². The van der Waals surface area contributed by atoms with Gasteiger partial charge in [-0.1, -0.05) is 6.07 Å². The van der Waals surface area contributed by atoms with E-state index in [0.29, 0.717) is 12.4 Å². The number of aryl methyl sites for hydroxylation is 2. The van der Waals surface area contributed by atoms with Crippen LogP contribution in [-0.4, -0.2) is 49.0 Å². The van der Waals surface area contributed by atoms with Crippen LogP contribution in [0.5, 0.6) is 0 Å². The second kappa shape index (κ2) is 5.83. The molecule has 4 heterocycles. The summed E-state index contributed by atoms with van der Waals surface area (Å²) in [6, 6.07) is 5.70. The molecule has 0 amide bonds. The molecular weight excluding hydrogens is 304 g/mol. The second-order valence-corrected chi connectivity index (χ2v) is 6.24. The number of anilines is 1. The lowest BCUT2D eigenvalue weighted by Crippen LogP contribution is -2.39. The Balaban J connectivity index is 1.93. The molecule has 1 aliphatic rings. The average molecular weight is 324 g/mol. The van der Waals surface area contributed by atoms with Crippen LogP contribution in [0, 0.1) is 6.92 Å². The third kappa shape index (κ3) is 2.50. The van der Waals surface area contributed by atoms with E-state index >= 15 is 0 Å². The molecule has 1 aliphatic heterocycles. The Morgan fingerprint density at radius 3 is 2.88 bits per heavy atom. The van der Waals surface area contributed by atoms with Crippen molar-refractivity contribution in [3.8, 4) is 11.5 Å². The van der Waals surface area contributed by atoms with Gasteiger partial charge in [0.1, 0.15) is 11.5 Å². The zero-order chi connectivity index (χ0) is 16.7. The van der Waals surface area contributed by atoms with Gasteiger partial charge in [-0.15, -0.1) is 0 Å². The summed E-state index contributed by atoms with van der Waals surface area (Å²) in [6.07, 6.45) is 3.20. The summed E-state index contributed by atoms with van der Waals surface area (Å²) in [5.74, 6) is 1.42. The standard InChI is InChI=1S/C17H20N6O/c1-11-14-16(22(2)21-11)19-15(13-7-3-4-8-18-13)20-17(14)23-9-5-6-12(24)10-23/h3-4,7-8,12,24H,5-6,9-10H2,1-2H3/t12-/m1/s1. The van der Waals surface area contributed by atoms with E-state index in [9.17, 15) is 5.11 Å². The molecule has 124 valence electrons. The summed E-state index contributed by atoms with van der Waals surface area (Å²) in [5.41, 5.74) is 2.42. The van der Waals surface area contributed by atoms with Crippen LogP contribution >= 0.6 is 0 Å². The molecule has 0 saturated carbocycles. The summed E-state index contributed by atoms with van der Waals surface area (Å²) < 4.78 is 1.78. The van der Waals surface area contributed by atoms with Crippen molar-refractivity contribution in [1.82, 2.24) is 24.7 Å². The Hall–Kier alpha value is -2.54. The van der Waals surface area contributed by atoms with Crippen molar-refractivity contribution >= 4 is 16.9 Å². The van der Waals surface area contributed by atoms with E-state index < -0.39 is 0 Å². The number of pyridine rings is 1. The molecule has 0 bridgehead atoms. The van der Waals surface area contributed by atoms with E-state index in [1.54, 1.807) is 10.9 Å². The monoisotopic (exact) mass is 324 g/mol. The Labute approximate surface area is 140 Å². The summed E-state index contributed by atoms with van der Waals surface area (Å²) in [7, 11) is 1.89. The Morgan fingerprint density at radius 1 is 1.25 bits per heavy atom. The fourth-order valence-corrected chi connectivity index (χ4v) is 3.30. The molecule has 0 spiro atoms. The molecule has 4 rings (SSSR count). The topological polar surface area (TPSA) is 80.0 Å². The van der Waals surface area contributed by atoms with Gasteiger partial charge in [-0.25, -0.2) is 9.97 Å². The molecule has 1 fully saturated rings. The fraction of sp³-hybridized carbons (Fsp3) is 0.412. The second-order valence-electron chi connectivity index (χ2n) is 6.24. The van der Waals surface area contributed by atoms with Crippen LogP contribution in [0.2, 0.25) is 0 Å². The molecule has 3 aromatic heterocycles. The molecule has 0 aliphatic carbocycles. The predicted molar refractivity (Wildman–Crippen MR) is 91.7 cm³/mol. The van der Waals surface area contributed by atoms with E-state index in [1.807, 2.05) is 32.2 Å². The zero-order valence-corrected chi connectivity index (χ0v) is 13.8. The molecule has 0 unspecified atom stereocenters. The minimum Gasteiger partial charge on any atom is -0.391 e. The van der Waals surface area contributed by atoms with Crippen molar-refractivity contribution in [3.05, 3.63) is 30.1 Å². The highest BCUT2D eigenvalue weighted by molar-refractivity contribution is 5.91. The minimum absolute atomic E-state index is 0.320. The maximum atomic E-state index is 10.1. The molecule has 1 N–H and O–H groups in total. The highest BCUT2D eigenvalue weighted by Crippen LogP contribution is 2.30. The first-order valence-electron chi connectivity index (χ1n) is 8.19. The SMILES string of the molecule is Cc1nn(C)c2nc(-c3ccccn3)nc(N3CCC[C@@H](O)C3)c12. The van der Waals surface area contributed by atoms with E-state index in [0.717, 1.165) is 47.6 Å². The number of hydrogen-bond donors (Lipinski definition) is 1. The lowest BCUT2D eigenvalue weighted by atomic mass is 10.1. The van der Waals surface area contributed by atoms with Crippen LogP contribution < -0.4 is 4.90 Å². The molecule has 7 heteroatoms. The normalized spacial score (nSPS) is 18.3. The average Bonchev–Trinajstić information content (AvgIpc) is 2.89. The quantitative estimate of drug-likeness (QED) is 0.773. The van der Waals surface area contributed by atoms with E-state index in [2.05, 4.69) is 20.0 Å². The van der Waals surface area contributed by atoms with Gasteiger partial charge in [0.15, 0.2) is 11.5 Å². The van der Waals surface area contributed by atoms with Gasteiger partial charge in [0.25, 0.3) is 0 Å². The molecule has 3 aromatic rings. The van der Waals surface area contributed by atoms with Crippen LogP contribution in [0.25, 0.3) is 22.6 Å². The van der Waals surface area contributed by atoms with E-state index in [-0.39, 0.29) is 6.10 Å². The first kappa shape index (κ1) is 15.0. The molecule has 7 nitrogen and oxygen atoms in total. The maximum Gasteiger partial charge on any atom is 0.182 e. The Bertz CT molecular complexity index is 876. The van der Waals surface area contributed by atoms with Gasteiger partial charge in [-0.3, -0.25) is 9.67 Å². The third-order valence-electron chi connectivity index (χ3n) is 4.43. The third-order valence-corrected chi connectivity index (χ3v) is 4.43. The Morgan fingerprint density at radius 2 is 2.12 bits per heavy atom.